The van der Waals surface area contributed by atoms with Crippen LogP contribution in [0.5, 0.6) is 0 Å². The predicted octanol–water partition coefficient (Wildman–Crippen LogP) is 3.12. The molecule has 0 spiro atoms. The van der Waals surface area contributed by atoms with Crippen molar-refractivity contribution >= 4 is 21.8 Å². The summed E-state index contributed by atoms with van der Waals surface area (Å²) in [6.07, 6.45) is 0. The van der Waals surface area contributed by atoms with Gasteiger partial charge in [-0.2, -0.15) is 0 Å². The first kappa shape index (κ1) is 12.2. The molecule has 0 saturated carbocycles. The lowest BCUT2D eigenvalue weighted by atomic mass is 10.1. The smallest absolute Gasteiger partial charge is 0.254 e. The SMILES string of the molecule is CC(C)(C)NC(=O)c1cccc(Br)c1F. The second-order valence-corrected chi connectivity index (χ2v) is 5.16. The number of benzene rings is 1. The summed E-state index contributed by atoms with van der Waals surface area (Å²) >= 11 is 3.04. The summed E-state index contributed by atoms with van der Waals surface area (Å²) in [4.78, 5) is 11.7. The van der Waals surface area contributed by atoms with Crippen molar-refractivity contribution in [2.75, 3.05) is 0 Å². The predicted molar refractivity (Wildman–Crippen MR) is 61.3 cm³/mol. The minimum Gasteiger partial charge on any atom is -0.347 e. The van der Waals surface area contributed by atoms with E-state index >= 15 is 0 Å². The monoisotopic (exact) mass is 273 g/mol. The molecule has 0 aromatic heterocycles. The van der Waals surface area contributed by atoms with Crippen LogP contribution in [-0.4, -0.2) is 11.4 Å². The van der Waals surface area contributed by atoms with E-state index in [0.717, 1.165) is 0 Å². The normalized spacial score (nSPS) is 11.3. The van der Waals surface area contributed by atoms with Gasteiger partial charge in [0.15, 0.2) is 0 Å². The van der Waals surface area contributed by atoms with E-state index in [-0.39, 0.29) is 11.1 Å². The van der Waals surface area contributed by atoms with E-state index < -0.39 is 11.7 Å². The van der Waals surface area contributed by atoms with Crippen LogP contribution in [0.2, 0.25) is 0 Å². The van der Waals surface area contributed by atoms with E-state index in [1.165, 1.54) is 6.07 Å². The molecule has 1 amide bonds. The van der Waals surface area contributed by atoms with Crippen molar-refractivity contribution in [3.8, 4) is 0 Å². The van der Waals surface area contributed by atoms with Gasteiger partial charge < -0.3 is 5.32 Å². The Bertz CT molecular complexity index is 385. The summed E-state index contributed by atoms with van der Waals surface area (Å²) in [7, 11) is 0. The Hall–Kier alpha value is -0.900. The minimum absolute atomic E-state index is 0.0549. The molecule has 1 rings (SSSR count). The van der Waals surface area contributed by atoms with Crippen molar-refractivity contribution in [2.45, 2.75) is 26.3 Å². The lowest BCUT2D eigenvalue weighted by Gasteiger charge is -2.20. The molecular weight excluding hydrogens is 261 g/mol. The lowest BCUT2D eigenvalue weighted by molar-refractivity contribution is 0.0915. The third-order valence-corrected chi connectivity index (χ3v) is 2.30. The van der Waals surface area contributed by atoms with Crippen LogP contribution in [0, 0.1) is 5.82 Å². The Morgan fingerprint density at radius 1 is 1.40 bits per heavy atom. The molecule has 0 aliphatic rings. The standard InChI is InChI=1S/C11H13BrFNO/c1-11(2,3)14-10(15)7-5-4-6-8(12)9(7)13/h4-6H,1-3H3,(H,14,15). The summed E-state index contributed by atoms with van der Waals surface area (Å²) in [5.74, 6) is -0.930. The highest BCUT2D eigenvalue weighted by Crippen LogP contribution is 2.18. The van der Waals surface area contributed by atoms with Gasteiger partial charge in [0.05, 0.1) is 10.0 Å². The van der Waals surface area contributed by atoms with Crippen LogP contribution in [0.1, 0.15) is 31.1 Å². The first-order valence-electron chi connectivity index (χ1n) is 4.58. The van der Waals surface area contributed by atoms with Crippen molar-refractivity contribution < 1.29 is 9.18 Å². The van der Waals surface area contributed by atoms with Crippen molar-refractivity contribution in [3.63, 3.8) is 0 Å². The molecular formula is C11H13BrFNO. The van der Waals surface area contributed by atoms with Gasteiger partial charge in [0.25, 0.3) is 5.91 Å². The third-order valence-electron chi connectivity index (χ3n) is 1.68. The van der Waals surface area contributed by atoms with Crippen LogP contribution in [0.3, 0.4) is 0 Å². The van der Waals surface area contributed by atoms with E-state index in [0.29, 0.717) is 4.47 Å². The average molecular weight is 274 g/mol. The van der Waals surface area contributed by atoms with Gasteiger partial charge in [0.2, 0.25) is 0 Å². The maximum Gasteiger partial charge on any atom is 0.254 e. The molecule has 1 N–H and O–H groups in total. The number of amides is 1. The summed E-state index contributed by atoms with van der Waals surface area (Å²) in [6, 6.07) is 4.65. The molecule has 0 atom stereocenters. The van der Waals surface area contributed by atoms with Gasteiger partial charge in [-0.05, 0) is 48.8 Å². The molecule has 0 heterocycles. The second-order valence-electron chi connectivity index (χ2n) is 4.31. The van der Waals surface area contributed by atoms with Gasteiger partial charge in [0.1, 0.15) is 5.82 Å². The summed E-state index contributed by atoms with van der Waals surface area (Å²) in [5.41, 5.74) is -0.314. The maximum atomic E-state index is 13.5. The Morgan fingerprint density at radius 2 is 2.00 bits per heavy atom. The Kier molecular flexibility index (Phi) is 3.50. The Balaban J connectivity index is 2.97. The summed E-state index contributed by atoms with van der Waals surface area (Å²) < 4.78 is 13.8. The topological polar surface area (TPSA) is 29.1 Å². The quantitative estimate of drug-likeness (QED) is 0.837. The molecule has 0 aliphatic carbocycles. The zero-order valence-corrected chi connectivity index (χ0v) is 10.5. The van der Waals surface area contributed by atoms with Crippen molar-refractivity contribution in [1.82, 2.24) is 5.32 Å². The number of halogens is 2. The van der Waals surface area contributed by atoms with E-state index in [9.17, 15) is 9.18 Å². The second kappa shape index (κ2) is 4.31. The Labute approximate surface area is 97.0 Å². The molecule has 0 saturated heterocycles. The van der Waals surface area contributed by atoms with Crippen LogP contribution < -0.4 is 5.32 Å². The first-order valence-corrected chi connectivity index (χ1v) is 5.37. The van der Waals surface area contributed by atoms with Crippen molar-refractivity contribution in [1.29, 1.82) is 0 Å². The van der Waals surface area contributed by atoms with Gasteiger partial charge in [-0.15, -0.1) is 0 Å². The highest BCUT2D eigenvalue weighted by molar-refractivity contribution is 9.10. The van der Waals surface area contributed by atoms with E-state index in [4.69, 9.17) is 0 Å². The van der Waals surface area contributed by atoms with Crippen LogP contribution in [0.25, 0.3) is 0 Å². The minimum atomic E-state index is -0.528. The largest absolute Gasteiger partial charge is 0.347 e. The number of rotatable bonds is 1. The van der Waals surface area contributed by atoms with E-state index in [1.54, 1.807) is 12.1 Å². The fourth-order valence-electron chi connectivity index (χ4n) is 1.09. The zero-order chi connectivity index (χ0) is 11.6. The highest BCUT2D eigenvalue weighted by Gasteiger charge is 2.18. The van der Waals surface area contributed by atoms with Crippen LogP contribution in [0.4, 0.5) is 4.39 Å². The molecule has 0 radical (unpaired) electrons. The van der Waals surface area contributed by atoms with Gasteiger partial charge >= 0.3 is 0 Å². The zero-order valence-electron chi connectivity index (χ0n) is 8.90. The molecule has 1 aromatic carbocycles. The van der Waals surface area contributed by atoms with Crippen LogP contribution in [-0.2, 0) is 0 Å². The molecule has 4 heteroatoms. The third kappa shape index (κ3) is 3.30. The van der Waals surface area contributed by atoms with Gasteiger partial charge in [-0.25, -0.2) is 4.39 Å². The summed E-state index contributed by atoms with van der Waals surface area (Å²) in [5, 5.41) is 2.70. The summed E-state index contributed by atoms with van der Waals surface area (Å²) in [6.45, 7) is 5.54. The highest BCUT2D eigenvalue weighted by atomic mass is 79.9. The number of hydrogen-bond donors (Lipinski definition) is 1. The average Bonchev–Trinajstić information content (AvgIpc) is 2.06. The molecule has 15 heavy (non-hydrogen) atoms. The fraction of sp³-hybridized carbons (Fsp3) is 0.364. The van der Waals surface area contributed by atoms with Crippen molar-refractivity contribution in [2.24, 2.45) is 0 Å². The molecule has 0 unspecified atom stereocenters. The molecule has 82 valence electrons. The van der Waals surface area contributed by atoms with Gasteiger partial charge in [-0.3, -0.25) is 4.79 Å². The van der Waals surface area contributed by atoms with Crippen molar-refractivity contribution in [3.05, 3.63) is 34.1 Å². The lowest BCUT2D eigenvalue weighted by Crippen LogP contribution is -2.40. The van der Waals surface area contributed by atoms with E-state index in [2.05, 4.69) is 21.2 Å². The molecule has 2 nitrogen and oxygen atoms in total. The van der Waals surface area contributed by atoms with Crippen LogP contribution >= 0.6 is 15.9 Å². The molecule has 1 aromatic rings. The fourth-order valence-corrected chi connectivity index (χ4v) is 1.45. The number of hydrogen-bond acceptors (Lipinski definition) is 1. The maximum absolute atomic E-state index is 13.5. The number of carbonyl (C=O) groups is 1. The first-order chi connectivity index (χ1) is 6.81. The Morgan fingerprint density at radius 3 is 2.53 bits per heavy atom. The van der Waals surface area contributed by atoms with E-state index in [1.807, 2.05) is 20.8 Å². The number of carbonyl (C=O) groups excluding carboxylic acids is 1. The van der Waals surface area contributed by atoms with Crippen LogP contribution in [0.15, 0.2) is 22.7 Å². The van der Waals surface area contributed by atoms with Gasteiger partial charge in [0, 0.05) is 5.54 Å². The molecule has 0 fully saturated rings. The molecule has 0 bridgehead atoms. The van der Waals surface area contributed by atoms with Gasteiger partial charge in [-0.1, -0.05) is 6.07 Å². The molecule has 0 aliphatic heterocycles. The number of nitrogens with one attached hydrogen (secondary N) is 1.